The molecule has 0 saturated heterocycles. The molecular formula is C18H18N4OS. The molecule has 0 radical (unpaired) electrons. The average Bonchev–Trinajstić information content (AvgIpc) is 3.06. The van der Waals surface area contributed by atoms with Crippen molar-refractivity contribution < 1.29 is 4.79 Å². The van der Waals surface area contributed by atoms with E-state index in [0.717, 1.165) is 21.7 Å². The Kier molecular flexibility index (Phi) is 4.96. The van der Waals surface area contributed by atoms with Gasteiger partial charge in [-0.15, -0.1) is 11.8 Å². The summed E-state index contributed by atoms with van der Waals surface area (Å²) in [5.41, 5.74) is 3.50. The minimum atomic E-state index is -0.0729. The zero-order chi connectivity index (χ0) is 16.9. The number of pyridine rings is 1. The predicted octanol–water partition coefficient (Wildman–Crippen LogP) is 3.13. The molecule has 0 saturated carbocycles. The molecule has 2 aromatic heterocycles. The summed E-state index contributed by atoms with van der Waals surface area (Å²) in [6.45, 7) is 0.446. The molecule has 3 aromatic rings. The van der Waals surface area contributed by atoms with E-state index in [2.05, 4.69) is 15.4 Å². The number of hydrogen-bond acceptors (Lipinski definition) is 4. The zero-order valence-corrected chi connectivity index (χ0v) is 14.4. The molecule has 0 aliphatic heterocycles. The van der Waals surface area contributed by atoms with Gasteiger partial charge in [0, 0.05) is 36.4 Å². The maximum atomic E-state index is 12.3. The summed E-state index contributed by atoms with van der Waals surface area (Å²) >= 11 is 1.57. The van der Waals surface area contributed by atoms with Gasteiger partial charge in [0.2, 0.25) is 0 Å². The van der Waals surface area contributed by atoms with Crippen LogP contribution >= 0.6 is 11.8 Å². The third-order valence-electron chi connectivity index (χ3n) is 3.63. The van der Waals surface area contributed by atoms with Crippen LogP contribution in [0.4, 0.5) is 0 Å². The van der Waals surface area contributed by atoms with E-state index in [4.69, 9.17) is 0 Å². The molecule has 1 aromatic carbocycles. The molecule has 5 nitrogen and oxygen atoms in total. The highest BCUT2D eigenvalue weighted by atomic mass is 32.2. The number of nitrogens with zero attached hydrogens (tertiary/aromatic N) is 3. The molecule has 122 valence electrons. The molecule has 0 spiro atoms. The Hall–Kier alpha value is -2.60. The van der Waals surface area contributed by atoms with Crippen molar-refractivity contribution in [2.45, 2.75) is 11.4 Å². The molecule has 0 bridgehead atoms. The van der Waals surface area contributed by atoms with Gasteiger partial charge in [-0.1, -0.05) is 18.2 Å². The van der Waals surface area contributed by atoms with E-state index < -0.39 is 0 Å². The van der Waals surface area contributed by atoms with Gasteiger partial charge in [0.25, 0.3) is 5.91 Å². The number of rotatable bonds is 5. The number of amides is 1. The Morgan fingerprint density at radius 2 is 2.04 bits per heavy atom. The van der Waals surface area contributed by atoms with Crippen LogP contribution < -0.4 is 5.32 Å². The average molecular weight is 338 g/mol. The van der Waals surface area contributed by atoms with E-state index in [1.165, 1.54) is 0 Å². The highest BCUT2D eigenvalue weighted by Gasteiger charge is 2.10. The molecule has 3 rings (SSSR count). The van der Waals surface area contributed by atoms with Crippen molar-refractivity contribution in [2.75, 3.05) is 6.26 Å². The van der Waals surface area contributed by atoms with Crippen LogP contribution in [0.5, 0.6) is 0 Å². The fraction of sp³-hybridized carbons (Fsp3) is 0.167. The molecular weight excluding hydrogens is 320 g/mol. The van der Waals surface area contributed by atoms with Crippen LogP contribution in [0.3, 0.4) is 0 Å². The molecule has 0 aliphatic rings. The number of aromatic nitrogens is 3. The van der Waals surface area contributed by atoms with Crippen LogP contribution in [0.15, 0.2) is 59.9 Å². The number of carbonyl (C=O) groups excluding carboxylic acids is 1. The van der Waals surface area contributed by atoms with Gasteiger partial charge in [-0.05, 0) is 30.0 Å². The van der Waals surface area contributed by atoms with Gasteiger partial charge < -0.3 is 5.32 Å². The number of nitrogens with one attached hydrogen (secondary N) is 1. The van der Waals surface area contributed by atoms with Crippen molar-refractivity contribution in [3.8, 4) is 11.3 Å². The van der Waals surface area contributed by atoms with E-state index in [9.17, 15) is 4.79 Å². The first-order valence-electron chi connectivity index (χ1n) is 7.52. The number of hydrogen-bond donors (Lipinski definition) is 1. The second-order valence-electron chi connectivity index (χ2n) is 5.34. The molecule has 0 atom stereocenters. The molecule has 1 amide bonds. The quantitative estimate of drug-likeness (QED) is 0.726. The summed E-state index contributed by atoms with van der Waals surface area (Å²) in [7, 11) is 1.87. The van der Waals surface area contributed by atoms with E-state index in [0.29, 0.717) is 12.1 Å². The largest absolute Gasteiger partial charge is 0.348 e. The Morgan fingerprint density at radius 3 is 2.71 bits per heavy atom. The molecule has 1 N–H and O–H groups in total. The summed E-state index contributed by atoms with van der Waals surface area (Å²) in [5.74, 6) is -0.0729. The number of carbonyl (C=O) groups is 1. The van der Waals surface area contributed by atoms with E-state index in [-0.39, 0.29) is 5.91 Å². The van der Waals surface area contributed by atoms with Crippen LogP contribution in [0.2, 0.25) is 0 Å². The Morgan fingerprint density at radius 1 is 1.21 bits per heavy atom. The second kappa shape index (κ2) is 7.31. The second-order valence-corrected chi connectivity index (χ2v) is 6.19. The topological polar surface area (TPSA) is 59.8 Å². The van der Waals surface area contributed by atoms with Crippen molar-refractivity contribution in [2.24, 2.45) is 7.05 Å². The Bertz CT molecular complexity index is 842. The molecule has 0 unspecified atom stereocenters. The molecule has 24 heavy (non-hydrogen) atoms. The van der Waals surface area contributed by atoms with Gasteiger partial charge in [0.15, 0.2) is 0 Å². The maximum absolute atomic E-state index is 12.3. The normalized spacial score (nSPS) is 10.6. The van der Waals surface area contributed by atoms with Gasteiger partial charge >= 0.3 is 0 Å². The third kappa shape index (κ3) is 3.65. The molecule has 0 aliphatic carbocycles. The van der Waals surface area contributed by atoms with Crippen molar-refractivity contribution >= 4 is 17.7 Å². The van der Waals surface area contributed by atoms with Crippen LogP contribution in [-0.4, -0.2) is 26.9 Å². The van der Waals surface area contributed by atoms with E-state index in [1.807, 2.05) is 55.9 Å². The van der Waals surface area contributed by atoms with E-state index in [1.54, 1.807) is 28.8 Å². The van der Waals surface area contributed by atoms with Crippen molar-refractivity contribution in [1.82, 2.24) is 20.1 Å². The number of thioether (sulfide) groups is 1. The lowest BCUT2D eigenvalue weighted by molar-refractivity contribution is 0.0948. The van der Waals surface area contributed by atoms with Gasteiger partial charge in [0.1, 0.15) is 0 Å². The van der Waals surface area contributed by atoms with Crippen LogP contribution in [0, 0.1) is 0 Å². The first-order chi connectivity index (χ1) is 11.7. The minimum Gasteiger partial charge on any atom is -0.348 e. The van der Waals surface area contributed by atoms with Crippen LogP contribution in [0.1, 0.15) is 15.9 Å². The lowest BCUT2D eigenvalue weighted by atomic mass is 10.2. The number of benzene rings is 1. The first-order valence-corrected chi connectivity index (χ1v) is 8.75. The van der Waals surface area contributed by atoms with Crippen molar-refractivity contribution in [3.05, 3.63) is 66.1 Å². The molecule has 0 fully saturated rings. The van der Waals surface area contributed by atoms with Crippen molar-refractivity contribution in [3.63, 3.8) is 0 Å². The fourth-order valence-electron chi connectivity index (χ4n) is 2.36. The van der Waals surface area contributed by atoms with Gasteiger partial charge in [-0.25, -0.2) is 0 Å². The Labute approximate surface area is 145 Å². The third-order valence-corrected chi connectivity index (χ3v) is 4.43. The first kappa shape index (κ1) is 16.3. The SMILES string of the molecule is CSc1ccccc1C(=O)NCc1ccc(-c2cnn(C)c2)nc1. The summed E-state index contributed by atoms with van der Waals surface area (Å²) in [5, 5.41) is 7.09. The monoisotopic (exact) mass is 338 g/mol. The Balaban J connectivity index is 1.65. The number of aryl methyl sites for hydroxylation is 1. The predicted molar refractivity (Wildman–Crippen MR) is 95.8 cm³/mol. The lowest BCUT2D eigenvalue weighted by Crippen LogP contribution is -2.23. The highest BCUT2D eigenvalue weighted by molar-refractivity contribution is 7.98. The van der Waals surface area contributed by atoms with E-state index >= 15 is 0 Å². The van der Waals surface area contributed by atoms with Crippen LogP contribution in [0.25, 0.3) is 11.3 Å². The lowest BCUT2D eigenvalue weighted by Gasteiger charge is -2.08. The smallest absolute Gasteiger partial charge is 0.252 e. The van der Waals surface area contributed by atoms with Gasteiger partial charge in [-0.3, -0.25) is 14.5 Å². The zero-order valence-electron chi connectivity index (χ0n) is 13.6. The summed E-state index contributed by atoms with van der Waals surface area (Å²) in [6.07, 6.45) is 7.45. The maximum Gasteiger partial charge on any atom is 0.252 e. The summed E-state index contributed by atoms with van der Waals surface area (Å²) < 4.78 is 1.74. The van der Waals surface area contributed by atoms with Gasteiger partial charge in [0.05, 0.1) is 17.5 Å². The standard InChI is InChI=1S/C18H18N4OS/c1-22-12-14(11-21-22)16-8-7-13(9-19-16)10-20-18(23)15-5-3-4-6-17(15)24-2/h3-9,11-12H,10H2,1-2H3,(H,20,23). The summed E-state index contributed by atoms with van der Waals surface area (Å²) in [4.78, 5) is 17.7. The molecule has 2 heterocycles. The van der Waals surface area contributed by atoms with Crippen molar-refractivity contribution in [1.29, 1.82) is 0 Å². The fourth-order valence-corrected chi connectivity index (χ4v) is 2.96. The highest BCUT2D eigenvalue weighted by Crippen LogP contribution is 2.20. The van der Waals surface area contributed by atoms with Crippen LogP contribution in [-0.2, 0) is 13.6 Å². The van der Waals surface area contributed by atoms with Gasteiger partial charge in [-0.2, -0.15) is 5.10 Å². The molecule has 6 heteroatoms. The summed E-state index contributed by atoms with van der Waals surface area (Å²) in [6, 6.07) is 11.5. The minimum absolute atomic E-state index is 0.0729.